The molecule has 0 saturated heterocycles. The molecule has 1 aromatic carbocycles. The van der Waals surface area contributed by atoms with Gasteiger partial charge < -0.3 is 15.8 Å². The summed E-state index contributed by atoms with van der Waals surface area (Å²) in [6.45, 7) is 1.98. The van der Waals surface area contributed by atoms with Crippen LogP contribution in [0.15, 0.2) is 12.1 Å². The van der Waals surface area contributed by atoms with E-state index in [1.165, 1.54) is 0 Å². The summed E-state index contributed by atoms with van der Waals surface area (Å²) in [5.74, 6) is 0.787. The van der Waals surface area contributed by atoms with Crippen LogP contribution in [0.5, 0.6) is 5.75 Å². The lowest BCUT2D eigenvalue weighted by molar-refractivity contribution is 0.416. The first kappa shape index (κ1) is 8.71. The molecule has 0 bridgehead atoms. The van der Waals surface area contributed by atoms with Crippen LogP contribution in [0.25, 0.3) is 0 Å². The van der Waals surface area contributed by atoms with Gasteiger partial charge in [-0.3, -0.25) is 0 Å². The van der Waals surface area contributed by atoms with Gasteiger partial charge in [-0.2, -0.15) is 0 Å². The van der Waals surface area contributed by atoms with E-state index in [1.807, 2.05) is 26.1 Å². The van der Waals surface area contributed by atoms with Crippen molar-refractivity contribution >= 4 is 11.4 Å². The summed E-state index contributed by atoms with van der Waals surface area (Å²) in [6.07, 6.45) is 0. The van der Waals surface area contributed by atoms with Gasteiger partial charge in [0.15, 0.2) is 0 Å². The Morgan fingerprint density at radius 1 is 1.42 bits per heavy atom. The lowest BCUT2D eigenvalue weighted by atomic mass is 10.2. The van der Waals surface area contributed by atoms with E-state index in [2.05, 4.69) is 5.32 Å². The fourth-order valence-electron chi connectivity index (χ4n) is 1.21. The molecular weight excluding hydrogens is 152 g/mol. The van der Waals surface area contributed by atoms with Crippen LogP contribution in [-0.2, 0) is 0 Å². The number of hydrogen-bond donors (Lipinski definition) is 2. The van der Waals surface area contributed by atoms with Gasteiger partial charge in [0.2, 0.25) is 0 Å². The highest BCUT2D eigenvalue weighted by atomic mass is 16.5. The van der Waals surface area contributed by atoms with Gasteiger partial charge in [-0.05, 0) is 24.6 Å². The van der Waals surface area contributed by atoms with Crippen LogP contribution in [0.2, 0.25) is 0 Å². The molecule has 3 N–H and O–H groups in total. The number of ether oxygens (including phenoxy) is 1. The summed E-state index contributed by atoms with van der Waals surface area (Å²) >= 11 is 0. The highest BCUT2D eigenvalue weighted by Crippen LogP contribution is 2.31. The molecular formula is C9H14N2O. The van der Waals surface area contributed by atoms with E-state index in [0.717, 1.165) is 17.0 Å². The highest BCUT2D eigenvalue weighted by Gasteiger charge is 2.05. The average Bonchev–Trinajstić information content (AvgIpc) is 2.03. The molecule has 0 aromatic heterocycles. The summed E-state index contributed by atoms with van der Waals surface area (Å²) in [6, 6.07) is 3.86. The van der Waals surface area contributed by atoms with Crippen LogP contribution in [0.1, 0.15) is 5.56 Å². The summed E-state index contributed by atoms with van der Waals surface area (Å²) in [7, 11) is 3.46. The zero-order valence-corrected chi connectivity index (χ0v) is 7.64. The van der Waals surface area contributed by atoms with Crippen LogP contribution >= 0.6 is 0 Å². The maximum atomic E-state index is 5.77. The van der Waals surface area contributed by atoms with Gasteiger partial charge in [0.05, 0.1) is 18.5 Å². The molecule has 0 fully saturated rings. The summed E-state index contributed by atoms with van der Waals surface area (Å²) in [5, 5.41) is 2.99. The van der Waals surface area contributed by atoms with Gasteiger partial charge in [-0.25, -0.2) is 0 Å². The quantitative estimate of drug-likeness (QED) is 0.656. The zero-order valence-electron chi connectivity index (χ0n) is 7.64. The standard InChI is InChI=1S/C9H14N2O/c1-6-4-7(10)9(11-2)8(5-6)12-3/h4-5,11H,10H2,1-3H3. The van der Waals surface area contributed by atoms with Gasteiger partial charge in [0, 0.05) is 7.05 Å². The summed E-state index contributed by atoms with van der Waals surface area (Å²) < 4.78 is 5.16. The zero-order chi connectivity index (χ0) is 9.14. The number of methoxy groups -OCH3 is 1. The van der Waals surface area contributed by atoms with E-state index in [1.54, 1.807) is 7.11 Å². The van der Waals surface area contributed by atoms with Crippen molar-refractivity contribution in [1.29, 1.82) is 0 Å². The Morgan fingerprint density at radius 2 is 2.08 bits per heavy atom. The largest absolute Gasteiger partial charge is 0.494 e. The van der Waals surface area contributed by atoms with Crippen molar-refractivity contribution in [2.75, 3.05) is 25.2 Å². The lowest BCUT2D eigenvalue weighted by Crippen LogP contribution is -1.99. The van der Waals surface area contributed by atoms with Gasteiger partial charge in [-0.1, -0.05) is 0 Å². The Kier molecular flexibility index (Phi) is 2.43. The first-order valence-electron chi connectivity index (χ1n) is 3.81. The van der Waals surface area contributed by atoms with Crippen LogP contribution in [0.3, 0.4) is 0 Å². The van der Waals surface area contributed by atoms with Gasteiger partial charge in [0.1, 0.15) is 5.75 Å². The van der Waals surface area contributed by atoms with Crippen LogP contribution in [-0.4, -0.2) is 14.2 Å². The molecule has 0 saturated carbocycles. The van der Waals surface area contributed by atoms with E-state index in [-0.39, 0.29) is 0 Å². The molecule has 0 atom stereocenters. The normalized spacial score (nSPS) is 9.58. The molecule has 0 unspecified atom stereocenters. The fourth-order valence-corrected chi connectivity index (χ4v) is 1.21. The minimum Gasteiger partial charge on any atom is -0.494 e. The third kappa shape index (κ3) is 1.44. The fraction of sp³-hybridized carbons (Fsp3) is 0.333. The number of anilines is 2. The number of nitrogens with one attached hydrogen (secondary N) is 1. The van der Waals surface area contributed by atoms with Gasteiger partial charge in [0.25, 0.3) is 0 Å². The molecule has 0 spiro atoms. The molecule has 0 aliphatic carbocycles. The Bertz CT molecular complexity index is 284. The molecule has 0 aliphatic rings. The van der Waals surface area contributed by atoms with Gasteiger partial charge in [-0.15, -0.1) is 0 Å². The van der Waals surface area contributed by atoms with Crippen molar-refractivity contribution in [3.05, 3.63) is 17.7 Å². The topological polar surface area (TPSA) is 47.3 Å². The summed E-state index contributed by atoms with van der Waals surface area (Å²) in [4.78, 5) is 0. The second-order valence-electron chi connectivity index (χ2n) is 2.68. The van der Waals surface area contributed by atoms with E-state index in [0.29, 0.717) is 5.69 Å². The molecule has 0 heterocycles. The van der Waals surface area contributed by atoms with Crippen molar-refractivity contribution in [1.82, 2.24) is 0 Å². The van der Waals surface area contributed by atoms with E-state index in [9.17, 15) is 0 Å². The first-order chi connectivity index (χ1) is 5.69. The van der Waals surface area contributed by atoms with Gasteiger partial charge >= 0.3 is 0 Å². The molecule has 0 radical (unpaired) electrons. The Balaban J connectivity index is 3.24. The van der Waals surface area contributed by atoms with Crippen molar-refractivity contribution in [3.8, 4) is 5.75 Å². The molecule has 3 nitrogen and oxygen atoms in total. The minimum absolute atomic E-state index is 0.717. The van der Waals surface area contributed by atoms with Crippen LogP contribution in [0.4, 0.5) is 11.4 Å². The Labute approximate surface area is 72.5 Å². The van der Waals surface area contributed by atoms with Crippen molar-refractivity contribution in [2.24, 2.45) is 0 Å². The predicted molar refractivity (Wildman–Crippen MR) is 51.7 cm³/mol. The second kappa shape index (κ2) is 3.34. The minimum atomic E-state index is 0.717. The second-order valence-corrected chi connectivity index (χ2v) is 2.68. The molecule has 3 heteroatoms. The first-order valence-corrected chi connectivity index (χ1v) is 3.81. The third-order valence-corrected chi connectivity index (χ3v) is 1.75. The van der Waals surface area contributed by atoms with E-state index in [4.69, 9.17) is 10.5 Å². The monoisotopic (exact) mass is 166 g/mol. The van der Waals surface area contributed by atoms with E-state index < -0.39 is 0 Å². The van der Waals surface area contributed by atoms with E-state index >= 15 is 0 Å². The Hall–Kier alpha value is -1.38. The number of nitrogens with two attached hydrogens (primary N) is 1. The number of hydrogen-bond acceptors (Lipinski definition) is 3. The molecule has 0 aliphatic heterocycles. The summed E-state index contributed by atoms with van der Waals surface area (Å²) in [5.41, 5.74) is 8.43. The Morgan fingerprint density at radius 3 is 2.58 bits per heavy atom. The van der Waals surface area contributed by atoms with Crippen molar-refractivity contribution < 1.29 is 4.74 Å². The molecule has 1 rings (SSSR count). The SMILES string of the molecule is CNc1c(N)cc(C)cc1OC. The highest BCUT2D eigenvalue weighted by molar-refractivity contribution is 5.74. The predicted octanol–water partition coefficient (Wildman–Crippen LogP) is 1.63. The number of benzene rings is 1. The maximum Gasteiger partial charge on any atom is 0.144 e. The van der Waals surface area contributed by atoms with Crippen molar-refractivity contribution in [2.45, 2.75) is 6.92 Å². The molecule has 66 valence electrons. The molecule has 1 aromatic rings. The van der Waals surface area contributed by atoms with Crippen LogP contribution in [0, 0.1) is 6.92 Å². The van der Waals surface area contributed by atoms with Crippen LogP contribution < -0.4 is 15.8 Å². The number of aryl methyl sites for hydroxylation is 1. The average molecular weight is 166 g/mol. The van der Waals surface area contributed by atoms with Crippen molar-refractivity contribution in [3.63, 3.8) is 0 Å². The lowest BCUT2D eigenvalue weighted by Gasteiger charge is -2.11. The maximum absolute atomic E-state index is 5.77. The smallest absolute Gasteiger partial charge is 0.144 e. The number of rotatable bonds is 2. The molecule has 12 heavy (non-hydrogen) atoms. The molecule has 0 amide bonds. The third-order valence-electron chi connectivity index (χ3n) is 1.75. The number of nitrogen functional groups attached to an aromatic ring is 1.